The molecule has 1 saturated heterocycles. The van der Waals surface area contributed by atoms with Crippen LogP contribution in [0.4, 0.5) is 0 Å². The second-order valence-electron chi connectivity index (χ2n) is 5.01. The molecule has 1 aromatic carbocycles. The predicted molar refractivity (Wildman–Crippen MR) is 90.9 cm³/mol. The van der Waals surface area contributed by atoms with Gasteiger partial charge in [-0.05, 0) is 42.4 Å². The number of hydrogen-bond acceptors (Lipinski definition) is 4. The molecule has 4 nitrogen and oxygen atoms in total. The highest BCUT2D eigenvalue weighted by atomic mass is 32.2. The molecule has 3 N–H and O–H groups in total. The molecule has 1 fully saturated rings. The first-order valence-electron chi connectivity index (χ1n) is 7.03. The summed E-state index contributed by atoms with van der Waals surface area (Å²) in [5, 5.41) is 2.93. The zero-order chi connectivity index (χ0) is 15.1. The summed E-state index contributed by atoms with van der Waals surface area (Å²) < 4.78 is 5.52. The van der Waals surface area contributed by atoms with E-state index in [9.17, 15) is 4.79 Å². The number of hydrogen-bond donors (Lipinski definition) is 2. The van der Waals surface area contributed by atoms with Crippen molar-refractivity contribution in [2.24, 2.45) is 11.7 Å². The first kappa shape index (κ1) is 16.1. The summed E-state index contributed by atoms with van der Waals surface area (Å²) in [7, 11) is 0. The van der Waals surface area contributed by atoms with E-state index in [1.165, 1.54) is 24.3 Å². The molecule has 1 aromatic rings. The van der Waals surface area contributed by atoms with E-state index in [2.05, 4.69) is 5.32 Å². The second kappa shape index (κ2) is 8.24. The van der Waals surface area contributed by atoms with Crippen LogP contribution in [0.5, 0.6) is 5.75 Å². The smallest absolute Gasteiger partial charge is 0.257 e. The Morgan fingerprint density at radius 2 is 2.10 bits per heavy atom. The van der Waals surface area contributed by atoms with Gasteiger partial charge in [-0.1, -0.05) is 24.4 Å². The van der Waals surface area contributed by atoms with Gasteiger partial charge < -0.3 is 15.8 Å². The van der Waals surface area contributed by atoms with Crippen LogP contribution in [0.2, 0.25) is 0 Å². The number of carbonyl (C=O) groups excluding carboxylic acids is 1. The summed E-state index contributed by atoms with van der Waals surface area (Å²) in [5.41, 5.74) is 6.28. The van der Waals surface area contributed by atoms with Crippen molar-refractivity contribution in [3.63, 3.8) is 0 Å². The number of nitrogens with one attached hydrogen (secondary N) is 1. The Bertz CT molecular complexity index is 502. The van der Waals surface area contributed by atoms with E-state index in [4.69, 9.17) is 22.7 Å². The van der Waals surface area contributed by atoms with Gasteiger partial charge in [0.25, 0.3) is 5.91 Å². The van der Waals surface area contributed by atoms with Crippen LogP contribution in [0.1, 0.15) is 18.4 Å². The summed E-state index contributed by atoms with van der Waals surface area (Å²) in [6, 6.07) is 7.21. The molecule has 21 heavy (non-hydrogen) atoms. The van der Waals surface area contributed by atoms with E-state index in [0.717, 1.165) is 6.54 Å². The SMILES string of the molecule is NC(=S)c1ccccc1OCC(=O)NCC1CCSCC1. The molecule has 0 saturated carbocycles. The first-order chi connectivity index (χ1) is 10.2. The molecule has 0 radical (unpaired) electrons. The Hall–Kier alpha value is -1.27. The fourth-order valence-corrected chi connectivity index (χ4v) is 3.57. The van der Waals surface area contributed by atoms with Crippen molar-refractivity contribution in [2.75, 3.05) is 24.7 Å². The van der Waals surface area contributed by atoms with E-state index in [1.807, 2.05) is 23.9 Å². The summed E-state index contributed by atoms with van der Waals surface area (Å²) in [5.74, 6) is 3.43. The van der Waals surface area contributed by atoms with Crippen LogP contribution in [0.25, 0.3) is 0 Å². The van der Waals surface area contributed by atoms with Crippen LogP contribution in [-0.4, -0.2) is 35.6 Å². The van der Waals surface area contributed by atoms with Crippen molar-refractivity contribution >= 4 is 34.9 Å². The van der Waals surface area contributed by atoms with Crippen molar-refractivity contribution in [3.05, 3.63) is 29.8 Å². The van der Waals surface area contributed by atoms with Crippen LogP contribution < -0.4 is 15.8 Å². The van der Waals surface area contributed by atoms with Gasteiger partial charge in [-0.2, -0.15) is 11.8 Å². The average Bonchev–Trinajstić information content (AvgIpc) is 2.52. The molecule has 0 aliphatic carbocycles. The van der Waals surface area contributed by atoms with Gasteiger partial charge in [-0.25, -0.2) is 0 Å². The van der Waals surface area contributed by atoms with Crippen LogP contribution >= 0.6 is 24.0 Å². The number of rotatable bonds is 6. The number of benzene rings is 1. The van der Waals surface area contributed by atoms with E-state index < -0.39 is 0 Å². The highest BCUT2D eigenvalue weighted by Crippen LogP contribution is 2.22. The largest absolute Gasteiger partial charge is 0.483 e. The summed E-state index contributed by atoms with van der Waals surface area (Å²) in [6.45, 7) is 0.723. The van der Waals surface area contributed by atoms with Gasteiger partial charge in [0.15, 0.2) is 6.61 Å². The molecule has 1 aliphatic rings. The van der Waals surface area contributed by atoms with Gasteiger partial charge in [0, 0.05) is 6.54 Å². The highest BCUT2D eigenvalue weighted by molar-refractivity contribution is 7.99. The lowest BCUT2D eigenvalue weighted by molar-refractivity contribution is -0.123. The molecule has 0 atom stereocenters. The first-order valence-corrected chi connectivity index (χ1v) is 8.59. The molecular weight excluding hydrogens is 304 g/mol. The maximum absolute atomic E-state index is 11.8. The van der Waals surface area contributed by atoms with E-state index in [1.54, 1.807) is 12.1 Å². The summed E-state index contributed by atoms with van der Waals surface area (Å²) in [4.78, 5) is 12.1. The quantitative estimate of drug-likeness (QED) is 0.783. The van der Waals surface area contributed by atoms with Crippen LogP contribution in [0.15, 0.2) is 24.3 Å². The molecule has 2 rings (SSSR count). The van der Waals surface area contributed by atoms with Crippen molar-refractivity contribution in [1.29, 1.82) is 0 Å². The normalized spacial score (nSPS) is 15.4. The van der Waals surface area contributed by atoms with E-state index in [0.29, 0.717) is 17.2 Å². The zero-order valence-corrected chi connectivity index (χ0v) is 13.5. The summed E-state index contributed by atoms with van der Waals surface area (Å²) >= 11 is 6.94. The Balaban J connectivity index is 1.77. The maximum Gasteiger partial charge on any atom is 0.257 e. The monoisotopic (exact) mass is 324 g/mol. The van der Waals surface area contributed by atoms with E-state index in [-0.39, 0.29) is 17.5 Å². The average molecular weight is 324 g/mol. The third-order valence-corrected chi connectivity index (χ3v) is 4.71. The molecule has 1 heterocycles. The Morgan fingerprint density at radius 3 is 2.81 bits per heavy atom. The highest BCUT2D eigenvalue weighted by Gasteiger charge is 2.15. The van der Waals surface area contributed by atoms with Crippen LogP contribution in [0, 0.1) is 5.92 Å². The lowest BCUT2D eigenvalue weighted by atomic mass is 10.0. The lowest BCUT2D eigenvalue weighted by Crippen LogP contribution is -2.34. The molecule has 0 spiro atoms. The van der Waals surface area contributed by atoms with Crippen LogP contribution in [-0.2, 0) is 4.79 Å². The third-order valence-electron chi connectivity index (χ3n) is 3.44. The molecule has 1 aliphatic heterocycles. The second-order valence-corrected chi connectivity index (χ2v) is 6.67. The van der Waals surface area contributed by atoms with Crippen molar-refractivity contribution in [1.82, 2.24) is 5.32 Å². The number of carbonyl (C=O) groups is 1. The lowest BCUT2D eigenvalue weighted by Gasteiger charge is -2.21. The molecule has 114 valence electrons. The Kier molecular flexibility index (Phi) is 6.32. The van der Waals surface area contributed by atoms with Crippen LogP contribution in [0.3, 0.4) is 0 Å². The topological polar surface area (TPSA) is 64.3 Å². The maximum atomic E-state index is 11.8. The van der Waals surface area contributed by atoms with Crippen molar-refractivity contribution in [2.45, 2.75) is 12.8 Å². The number of ether oxygens (including phenoxy) is 1. The molecule has 1 amide bonds. The number of thiocarbonyl (C=S) groups is 1. The number of para-hydroxylation sites is 1. The minimum absolute atomic E-state index is 0.0128. The summed E-state index contributed by atoms with van der Waals surface area (Å²) in [6.07, 6.45) is 2.35. The van der Waals surface area contributed by atoms with Crippen molar-refractivity contribution < 1.29 is 9.53 Å². The molecule has 0 aromatic heterocycles. The zero-order valence-electron chi connectivity index (χ0n) is 11.8. The van der Waals surface area contributed by atoms with Gasteiger partial charge >= 0.3 is 0 Å². The van der Waals surface area contributed by atoms with Gasteiger partial charge in [-0.15, -0.1) is 0 Å². The van der Waals surface area contributed by atoms with Crippen molar-refractivity contribution in [3.8, 4) is 5.75 Å². The molecule has 0 bridgehead atoms. The molecule has 6 heteroatoms. The fraction of sp³-hybridized carbons (Fsp3) is 0.467. The number of amides is 1. The third kappa shape index (κ3) is 5.21. The van der Waals surface area contributed by atoms with Gasteiger partial charge in [0.1, 0.15) is 10.7 Å². The standard InChI is InChI=1S/C15H20N2O2S2/c16-15(20)12-3-1-2-4-13(12)19-10-14(18)17-9-11-5-7-21-8-6-11/h1-4,11H,5-10H2,(H2,16,20)(H,17,18). The Labute approximate surface area is 134 Å². The Morgan fingerprint density at radius 1 is 1.38 bits per heavy atom. The number of thioether (sulfide) groups is 1. The minimum atomic E-state index is -0.106. The van der Waals surface area contributed by atoms with E-state index >= 15 is 0 Å². The predicted octanol–water partition coefficient (Wildman–Crippen LogP) is 1.96. The van der Waals surface area contributed by atoms with Gasteiger partial charge in [0.2, 0.25) is 0 Å². The number of nitrogens with two attached hydrogens (primary N) is 1. The minimum Gasteiger partial charge on any atom is -0.483 e. The van der Waals surface area contributed by atoms with Gasteiger partial charge in [0.05, 0.1) is 5.56 Å². The fourth-order valence-electron chi connectivity index (χ4n) is 2.20. The molecule has 0 unspecified atom stereocenters. The molecular formula is C15H20N2O2S2. The van der Waals surface area contributed by atoms with Gasteiger partial charge in [-0.3, -0.25) is 4.79 Å².